The summed E-state index contributed by atoms with van der Waals surface area (Å²) in [6, 6.07) is 13.2. The molecular formula is C27H36BF2N3O4Si. The molecule has 0 spiro atoms. The second-order valence-electron chi connectivity index (χ2n) is 9.17. The molecule has 7 nitrogen and oxygen atoms in total. The maximum Gasteiger partial charge on any atom is 0.737 e. The van der Waals surface area contributed by atoms with E-state index in [0.717, 1.165) is 14.5 Å². The Morgan fingerprint density at radius 2 is 1.68 bits per heavy atom. The number of hydrogen-bond donors (Lipinski definition) is 1. The molecule has 0 unspecified atom stereocenters. The van der Waals surface area contributed by atoms with Crippen LogP contribution < -0.4 is 5.32 Å². The van der Waals surface area contributed by atoms with Gasteiger partial charge in [-0.05, 0) is 63.6 Å². The first-order chi connectivity index (χ1) is 18.3. The largest absolute Gasteiger partial charge is 0.737 e. The Balaban J connectivity index is 1.38. The van der Waals surface area contributed by atoms with Gasteiger partial charge in [-0.1, -0.05) is 18.2 Å². The summed E-state index contributed by atoms with van der Waals surface area (Å²) >= 11 is 0. The van der Waals surface area contributed by atoms with E-state index in [4.69, 9.17) is 13.3 Å². The predicted octanol–water partition coefficient (Wildman–Crippen LogP) is 4.62. The number of rotatable bonds is 14. The van der Waals surface area contributed by atoms with E-state index in [1.54, 1.807) is 30.4 Å². The maximum atomic E-state index is 16.0. The smallest absolute Gasteiger partial charge is 0.394 e. The summed E-state index contributed by atoms with van der Waals surface area (Å²) in [4.78, 5) is 12.6. The zero-order valence-corrected chi connectivity index (χ0v) is 23.3. The molecule has 0 bridgehead atoms. The van der Waals surface area contributed by atoms with Crippen molar-refractivity contribution in [2.24, 2.45) is 0 Å². The van der Waals surface area contributed by atoms with Crippen molar-refractivity contribution in [3.63, 3.8) is 0 Å². The third-order valence-corrected chi connectivity index (χ3v) is 9.80. The van der Waals surface area contributed by atoms with E-state index >= 15 is 8.63 Å². The SMILES string of the molecule is CCO[Si](CCCNC(=O)CCc1ccc2n1[B-](F)(F)[N+]1=C(c3ccccc3)C=CC1=C2)(OCC)OCC. The van der Waals surface area contributed by atoms with Gasteiger partial charge in [0.2, 0.25) is 5.91 Å². The highest BCUT2D eigenvalue weighted by Crippen LogP contribution is 2.33. The van der Waals surface area contributed by atoms with Gasteiger partial charge in [-0.3, -0.25) is 4.79 Å². The molecule has 0 fully saturated rings. The number of allylic oxidation sites excluding steroid dienone is 2. The van der Waals surface area contributed by atoms with Crippen molar-refractivity contribution in [1.29, 1.82) is 0 Å². The van der Waals surface area contributed by atoms with Crippen LogP contribution in [0.3, 0.4) is 0 Å². The second-order valence-corrected chi connectivity index (χ2v) is 11.9. The zero-order valence-electron chi connectivity index (χ0n) is 22.3. The van der Waals surface area contributed by atoms with Crippen LogP contribution >= 0.6 is 0 Å². The number of fused-ring (bicyclic) bond motifs is 2. The van der Waals surface area contributed by atoms with Crippen LogP contribution in [-0.4, -0.2) is 62.7 Å². The highest BCUT2D eigenvalue weighted by Gasteiger charge is 2.52. The van der Waals surface area contributed by atoms with Crippen molar-refractivity contribution < 1.29 is 31.2 Å². The Morgan fingerprint density at radius 1 is 1.00 bits per heavy atom. The molecule has 1 aromatic heterocycles. The molecule has 2 aliphatic rings. The zero-order chi connectivity index (χ0) is 27.2. The van der Waals surface area contributed by atoms with E-state index in [9.17, 15) is 4.79 Å². The molecule has 0 radical (unpaired) electrons. The summed E-state index contributed by atoms with van der Waals surface area (Å²) < 4.78 is 51.7. The summed E-state index contributed by atoms with van der Waals surface area (Å²) in [7, 11) is -2.76. The molecule has 1 amide bonds. The molecule has 4 rings (SSSR count). The minimum absolute atomic E-state index is 0.116. The van der Waals surface area contributed by atoms with Crippen LogP contribution in [0.5, 0.6) is 0 Å². The van der Waals surface area contributed by atoms with E-state index in [0.29, 0.717) is 61.6 Å². The highest BCUT2D eigenvalue weighted by atomic mass is 28.4. The van der Waals surface area contributed by atoms with Crippen molar-refractivity contribution in [3.8, 4) is 0 Å². The van der Waals surface area contributed by atoms with Gasteiger partial charge in [-0.15, -0.1) is 0 Å². The average Bonchev–Trinajstić information content (AvgIpc) is 3.52. The summed E-state index contributed by atoms with van der Waals surface area (Å²) in [5.74, 6) is -0.181. The normalized spacial score (nSPS) is 15.9. The molecular weight excluding hydrogens is 507 g/mol. The van der Waals surface area contributed by atoms with Crippen LogP contribution in [0.2, 0.25) is 6.04 Å². The quantitative estimate of drug-likeness (QED) is 0.279. The topological polar surface area (TPSA) is 64.7 Å². The fraction of sp³-hybridized carbons (Fsp3) is 0.407. The Hall–Kier alpha value is -2.86. The lowest BCUT2D eigenvalue weighted by Crippen LogP contribution is -2.51. The van der Waals surface area contributed by atoms with Gasteiger partial charge in [-0.25, -0.2) is 0 Å². The second kappa shape index (κ2) is 12.3. The van der Waals surface area contributed by atoms with Gasteiger partial charge >= 0.3 is 15.8 Å². The van der Waals surface area contributed by atoms with Crippen molar-refractivity contribution in [2.75, 3.05) is 26.4 Å². The van der Waals surface area contributed by atoms with Gasteiger partial charge in [0, 0.05) is 68.3 Å². The van der Waals surface area contributed by atoms with Gasteiger partial charge in [-0.2, -0.15) is 0 Å². The molecule has 1 aromatic carbocycles. The number of halogens is 2. The first-order valence-electron chi connectivity index (χ1n) is 13.4. The van der Waals surface area contributed by atoms with Gasteiger partial charge < -0.3 is 36.2 Å². The number of amides is 1. The molecule has 2 aromatic rings. The van der Waals surface area contributed by atoms with Gasteiger partial charge in [0.25, 0.3) is 0 Å². The number of carbonyl (C=O) groups excluding carboxylic acids is 1. The highest BCUT2D eigenvalue weighted by molar-refractivity contribution is 6.60. The van der Waals surface area contributed by atoms with E-state index in [1.807, 2.05) is 51.1 Å². The van der Waals surface area contributed by atoms with Crippen molar-refractivity contribution in [2.45, 2.75) is 46.1 Å². The maximum absolute atomic E-state index is 16.0. The molecule has 0 aliphatic carbocycles. The monoisotopic (exact) mass is 543 g/mol. The van der Waals surface area contributed by atoms with Gasteiger partial charge in [0.1, 0.15) is 0 Å². The van der Waals surface area contributed by atoms with E-state index in [-0.39, 0.29) is 18.7 Å². The molecule has 38 heavy (non-hydrogen) atoms. The van der Waals surface area contributed by atoms with Crippen molar-refractivity contribution in [1.82, 2.24) is 9.79 Å². The van der Waals surface area contributed by atoms with E-state index in [2.05, 4.69) is 5.32 Å². The van der Waals surface area contributed by atoms with Gasteiger partial charge in [0.15, 0.2) is 11.4 Å². The number of aromatic nitrogens is 1. The first kappa shape index (κ1) is 28.2. The van der Waals surface area contributed by atoms with Crippen LogP contribution in [0.15, 0.2) is 60.3 Å². The Morgan fingerprint density at radius 3 is 2.34 bits per heavy atom. The third-order valence-electron chi connectivity index (χ3n) is 6.65. The fourth-order valence-electron chi connectivity index (χ4n) is 5.11. The fourth-order valence-corrected chi connectivity index (χ4v) is 7.72. The van der Waals surface area contributed by atoms with Crippen LogP contribution in [-0.2, 0) is 24.5 Å². The minimum Gasteiger partial charge on any atom is -0.394 e. The Kier molecular flexibility index (Phi) is 9.14. The number of benzene rings is 1. The molecule has 1 N–H and O–H groups in total. The van der Waals surface area contributed by atoms with Crippen molar-refractivity contribution in [3.05, 3.63) is 77.3 Å². The standard InChI is InChI=1S/C27H36BF2N3O4Si/c1-4-35-38(36-5-2,37-6-3)20-10-19-31-27(34)18-16-23-13-14-24-21-25-15-17-26(22-11-8-7-9-12-22)33(25)28(29,30)32(23)24/h7-9,11-15,17,21H,4-6,10,16,18-20H2,1-3H3,(H,31,34). The number of carbonyl (C=O) groups is 1. The average molecular weight is 543 g/mol. The summed E-state index contributed by atoms with van der Waals surface area (Å²) in [5.41, 5.74) is 2.55. The number of hydrogen-bond acceptors (Lipinski definition) is 4. The van der Waals surface area contributed by atoms with Crippen LogP contribution in [0.1, 0.15) is 50.6 Å². The third kappa shape index (κ3) is 5.91. The summed E-state index contributed by atoms with van der Waals surface area (Å²) in [6.07, 6.45) is 6.20. The van der Waals surface area contributed by atoms with E-state index < -0.39 is 15.8 Å². The molecule has 204 valence electrons. The number of nitrogens with one attached hydrogen (secondary N) is 1. The Labute approximate surface area is 224 Å². The van der Waals surface area contributed by atoms with Crippen molar-refractivity contribution >= 4 is 33.5 Å². The summed E-state index contributed by atoms with van der Waals surface area (Å²) in [5, 5.41) is 2.90. The lowest BCUT2D eigenvalue weighted by molar-refractivity contribution is -0.360. The number of nitrogens with zero attached hydrogens (tertiary/aromatic N) is 2. The minimum atomic E-state index is -4.12. The van der Waals surface area contributed by atoms with Crippen LogP contribution in [0, 0.1) is 0 Å². The van der Waals surface area contributed by atoms with Crippen LogP contribution in [0.4, 0.5) is 8.63 Å². The molecule has 0 atom stereocenters. The summed E-state index contributed by atoms with van der Waals surface area (Å²) in [6.45, 7) is 3.54. The molecule has 11 heteroatoms. The molecule has 0 saturated carbocycles. The number of aryl methyl sites for hydroxylation is 1. The molecule has 3 heterocycles. The van der Waals surface area contributed by atoms with Crippen LogP contribution in [0.25, 0.3) is 6.08 Å². The predicted molar refractivity (Wildman–Crippen MR) is 147 cm³/mol. The molecule has 2 aliphatic heterocycles. The lowest BCUT2D eigenvalue weighted by Gasteiger charge is -2.30. The van der Waals surface area contributed by atoms with E-state index in [1.165, 1.54) is 0 Å². The van der Waals surface area contributed by atoms with Gasteiger partial charge in [0.05, 0.1) is 0 Å². The molecule has 0 saturated heterocycles. The lowest BCUT2D eigenvalue weighted by atomic mass is 9.89. The first-order valence-corrected chi connectivity index (χ1v) is 15.3. The Bertz CT molecular complexity index is 1210.